The van der Waals surface area contributed by atoms with Gasteiger partial charge in [-0.15, -0.1) is 6.58 Å². The van der Waals surface area contributed by atoms with Gasteiger partial charge in [-0.1, -0.05) is 30.3 Å². The number of amides is 1. The van der Waals surface area contributed by atoms with E-state index in [2.05, 4.69) is 11.9 Å². The molecule has 1 aromatic rings. The molecule has 1 rings (SSSR count). The van der Waals surface area contributed by atoms with E-state index in [4.69, 9.17) is 4.74 Å². The summed E-state index contributed by atoms with van der Waals surface area (Å²) in [6, 6.07) is 6.41. The molecule has 0 saturated heterocycles. The van der Waals surface area contributed by atoms with Crippen molar-refractivity contribution in [2.45, 2.75) is 38.8 Å². The van der Waals surface area contributed by atoms with Crippen molar-refractivity contribution in [2.24, 2.45) is 0 Å². The number of nitrogens with one attached hydrogen (secondary N) is 1. The molecule has 0 aliphatic rings. The molecule has 1 aromatic carbocycles. The van der Waals surface area contributed by atoms with E-state index < -0.39 is 18.8 Å². The summed E-state index contributed by atoms with van der Waals surface area (Å²) < 4.78 is 5.23. The maximum absolute atomic E-state index is 11.9. The lowest BCUT2D eigenvalue weighted by Gasteiger charge is -2.23. The fraction of sp³-hybridized carbons (Fsp3) is 0.400. The molecular weight excluding hydrogens is 269 g/mol. The van der Waals surface area contributed by atoms with Crippen molar-refractivity contribution in [1.82, 2.24) is 5.32 Å². The summed E-state index contributed by atoms with van der Waals surface area (Å²) in [4.78, 5) is 11.9. The highest BCUT2D eigenvalue weighted by atomic mass is 16.6. The molecule has 6 heteroatoms. The summed E-state index contributed by atoms with van der Waals surface area (Å²) in [5.41, 5.74) is 0.547. The van der Waals surface area contributed by atoms with Crippen LogP contribution in [-0.2, 0) is 4.74 Å². The first-order valence-electron chi connectivity index (χ1n) is 6.79. The average molecular weight is 291 g/mol. The van der Waals surface area contributed by atoms with Crippen molar-refractivity contribution < 1.29 is 19.6 Å². The van der Waals surface area contributed by atoms with Gasteiger partial charge in [0, 0.05) is 0 Å². The quantitative estimate of drug-likeness (QED) is 0.567. The van der Waals surface area contributed by atoms with Gasteiger partial charge in [0.1, 0.15) is 5.60 Å². The second-order valence-corrected chi connectivity index (χ2v) is 5.77. The van der Waals surface area contributed by atoms with Gasteiger partial charge in [-0.2, -0.15) is 0 Å². The molecule has 5 nitrogen and oxygen atoms in total. The van der Waals surface area contributed by atoms with Crippen molar-refractivity contribution in [3.05, 3.63) is 42.5 Å². The minimum atomic E-state index is -1.55. The van der Waals surface area contributed by atoms with Crippen LogP contribution in [-0.4, -0.2) is 28.9 Å². The van der Waals surface area contributed by atoms with Gasteiger partial charge in [-0.25, -0.2) is 4.79 Å². The Morgan fingerprint density at radius 3 is 2.67 bits per heavy atom. The minimum absolute atomic E-state index is 0.337. The Labute approximate surface area is 125 Å². The molecule has 0 radical (unpaired) electrons. The maximum atomic E-state index is 11.9. The molecule has 114 valence electrons. The first kappa shape index (κ1) is 17.3. The van der Waals surface area contributed by atoms with E-state index in [9.17, 15) is 14.8 Å². The monoisotopic (exact) mass is 291 g/mol. The zero-order valence-corrected chi connectivity index (χ0v) is 12.7. The van der Waals surface area contributed by atoms with Crippen LogP contribution in [0.3, 0.4) is 0 Å². The Balaban J connectivity index is 2.88. The summed E-state index contributed by atoms with van der Waals surface area (Å²) >= 11 is 0. The molecular formula is C15H22BNO4. The fourth-order valence-corrected chi connectivity index (χ4v) is 1.83. The first-order valence-corrected chi connectivity index (χ1v) is 6.79. The summed E-state index contributed by atoms with van der Waals surface area (Å²) in [6.45, 7) is 9.04. The minimum Gasteiger partial charge on any atom is -0.444 e. The van der Waals surface area contributed by atoms with E-state index in [1.165, 1.54) is 0 Å². The highest BCUT2D eigenvalue weighted by Gasteiger charge is 2.21. The summed E-state index contributed by atoms with van der Waals surface area (Å²) in [5.74, 6) is 0. The summed E-state index contributed by atoms with van der Waals surface area (Å²) in [6.07, 6.45) is 1.66. The normalized spacial score (nSPS) is 12.4. The third-order valence-corrected chi connectivity index (χ3v) is 2.70. The second-order valence-electron chi connectivity index (χ2n) is 5.77. The molecule has 0 saturated carbocycles. The van der Waals surface area contributed by atoms with Crippen LogP contribution in [0.25, 0.3) is 0 Å². The van der Waals surface area contributed by atoms with Crippen molar-refractivity contribution in [1.29, 1.82) is 0 Å². The van der Waals surface area contributed by atoms with Gasteiger partial charge in [-0.3, -0.25) is 0 Å². The number of hydrogen-bond donors (Lipinski definition) is 3. The standard InChI is InChI=1S/C15H22BNO4/c1-5-7-13(17-14(18)21-15(2,3)4)11-8-6-9-12(10-11)16(19)20/h5-6,8-10,13,19-20H,1,7H2,2-4H3,(H,17,18). The zero-order valence-electron chi connectivity index (χ0n) is 12.7. The molecule has 0 spiro atoms. The average Bonchev–Trinajstić information content (AvgIpc) is 2.36. The van der Waals surface area contributed by atoms with Crippen LogP contribution in [0.4, 0.5) is 4.79 Å². The number of benzene rings is 1. The molecule has 0 aromatic heterocycles. The maximum Gasteiger partial charge on any atom is 0.488 e. The van der Waals surface area contributed by atoms with Gasteiger partial charge in [0.15, 0.2) is 0 Å². The number of ether oxygens (including phenoxy) is 1. The Hall–Kier alpha value is -1.79. The van der Waals surface area contributed by atoms with Crippen LogP contribution in [0.5, 0.6) is 0 Å². The topological polar surface area (TPSA) is 78.8 Å². The van der Waals surface area contributed by atoms with Gasteiger partial charge < -0.3 is 20.1 Å². The molecule has 0 heterocycles. The number of rotatable bonds is 5. The number of hydrogen-bond acceptors (Lipinski definition) is 4. The van der Waals surface area contributed by atoms with E-state index in [0.717, 1.165) is 5.56 Å². The Morgan fingerprint density at radius 2 is 2.14 bits per heavy atom. The lowest BCUT2D eigenvalue weighted by Crippen LogP contribution is -2.36. The second kappa shape index (κ2) is 7.29. The Kier molecular flexibility index (Phi) is 5.99. The zero-order chi connectivity index (χ0) is 16.0. The van der Waals surface area contributed by atoms with Crippen molar-refractivity contribution >= 4 is 18.7 Å². The van der Waals surface area contributed by atoms with Gasteiger partial charge in [-0.05, 0) is 38.2 Å². The molecule has 0 aliphatic heterocycles. The van der Waals surface area contributed by atoms with E-state index >= 15 is 0 Å². The largest absolute Gasteiger partial charge is 0.488 e. The van der Waals surface area contributed by atoms with Crippen LogP contribution >= 0.6 is 0 Å². The van der Waals surface area contributed by atoms with Crippen LogP contribution in [0.2, 0.25) is 0 Å². The third-order valence-electron chi connectivity index (χ3n) is 2.70. The lowest BCUT2D eigenvalue weighted by molar-refractivity contribution is 0.0504. The fourth-order valence-electron chi connectivity index (χ4n) is 1.83. The summed E-state index contributed by atoms with van der Waals surface area (Å²) in [7, 11) is -1.55. The first-order chi connectivity index (χ1) is 9.73. The molecule has 1 unspecified atom stereocenters. The highest BCUT2D eigenvalue weighted by Crippen LogP contribution is 2.17. The molecule has 1 amide bonds. The SMILES string of the molecule is C=CCC(NC(=O)OC(C)(C)C)c1cccc(B(O)O)c1. The smallest absolute Gasteiger partial charge is 0.444 e. The predicted molar refractivity (Wildman–Crippen MR) is 83.2 cm³/mol. The Bertz CT molecular complexity index is 497. The van der Waals surface area contributed by atoms with Gasteiger partial charge in [0.05, 0.1) is 6.04 Å². The molecule has 0 aliphatic carbocycles. The highest BCUT2D eigenvalue weighted by molar-refractivity contribution is 6.58. The molecule has 21 heavy (non-hydrogen) atoms. The van der Waals surface area contributed by atoms with Gasteiger partial charge >= 0.3 is 13.2 Å². The number of alkyl carbamates (subject to hydrolysis) is 1. The molecule has 0 bridgehead atoms. The lowest BCUT2D eigenvalue weighted by atomic mass is 9.79. The van der Waals surface area contributed by atoms with E-state index in [1.807, 2.05) is 0 Å². The van der Waals surface area contributed by atoms with Crippen molar-refractivity contribution in [3.63, 3.8) is 0 Å². The number of carbonyl (C=O) groups is 1. The van der Waals surface area contributed by atoms with E-state index in [-0.39, 0.29) is 6.04 Å². The molecule has 3 N–H and O–H groups in total. The van der Waals surface area contributed by atoms with Gasteiger partial charge in [0.25, 0.3) is 0 Å². The predicted octanol–water partition coefficient (Wildman–Crippen LogP) is 1.51. The van der Waals surface area contributed by atoms with E-state index in [1.54, 1.807) is 51.1 Å². The molecule has 0 fully saturated rings. The van der Waals surface area contributed by atoms with Crippen molar-refractivity contribution in [3.8, 4) is 0 Å². The van der Waals surface area contributed by atoms with Crippen LogP contribution in [0, 0.1) is 0 Å². The van der Waals surface area contributed by atoms with Crippen LogP contribution in [0.15, 0.2) is 36.9 Å². The van der Waals surface area contributed by atoms with E-state index in [0.29, 0.717) is 11.9 Å². The third kappa shape index (κ3) is 6.02. The number of carbonyl (C=O) groups excluding carboxylic acids is 1. The summed E-state index contributed by atoms with van der Waals surface area (Å²) in [5, 5.41) is 21.2. The van der Waals surface area contributed by atoms with Crippen molar-refractivity contribution in [2.75, 3.05) is 0 Å². The van der Waals surface area contributed by atoms with Gasteiger partial charge in [0.2, 0.25) is 0 Å². The van der Waals surface area contributed by atoms with Crippen LogP contribution in [0.1, 0.15) is 38.8 Å². The molecule has 1 atom stereocenters. The van der Waals surface area contributed by atoms with Crippen LogP contribution < -0.4 is 10.8 Å². The Morgan fingerprint density at radius 1 is 1.48 bits per heavy atom.